The highest BCUT2D eigenvalue weighted by atomic mass is 35.5. The van der Waals surface area contributed by atoms with Crippen LogP contribution in [-0.2, 0) is 29.1 Å². The number of carbonyl (C=O) groups excluding carboxylic acids is 1. The number of aliphatic carboxylic acids is 1. The van der Waals surface area contributed by atoms with E-state index in [-0.39, 0.29) is 12.5 Å². The summed E-state index contributed by atoms with van der Waals surface area (Å²) in [6.45, 7) is 5.34. The number of rotatable bonds is 6. The molecular weight excluding hydrogens is 460 g/mol. The van der Waals surface area contributed by atoms with Gasteiger partial charge in [0, 0.05) is 54.2 Å². The SMILES string of the molecule is O=C(O)CN1CCN(CC(=O)N2CCc3c(n(Cc4ccc(Cl)s4)c4ccccc34)C2)CC1. The summed E-state index contributed by atoms with van der Waals surface area (Å²) in [5, 5.41) is 10.2. The van der Waals surface area contributed by atoms with Crippen LogP contribution in [-0.4, -0.2) is 82.1 Å². The third-order valence-electron chi connectivity index (χ3n) is 6.64. The summed E-state index contributed by atoms with van der Waals surface area (Å²) in [5.41, 5.74) is 3.77. The zero-order valence-corrected chi connectivity index (χ0v) is 19.9. The summed E-state index contributed by atoms with van der Waals surface area (Å²) in [5.74, 6) is -0.660. The molecule has 9 heteroatoms. The molecule has 4 heterocycles. The van der Waals surface area contributed by atoms with E-state index in [1.165, 1.54) is 27.0 Å². The fourth-order valence-corrected chi connectivity index (χ4v) is 6.05. The average molecular weight is 487 g/mol. The van der Waals surface area contributed by atoms with Gasteiger partial charge in [0.05, 0.1) is 30.5 Å². The van der Waals surface area contributed by atoms with Crippen molar-refractivity contribution < 1.29 is 14.7 Å². The van der Waals surface area contributed by atoms with Gasteiger partial charge in [-0.25, -0.2) is 0 Å². The number of piperazine rings is 1. The summed E-state index contributed by atoms with van der Waals surface area (Å²) in [6, 6.07) is 12.5. The van der Waals surface area contributed by atoms with Crippen molar-refractivity contribution in [2.75, 3.05) is 45.8 Å². The zero-order chi connectivity index (χ0) is 22.9. The number of halogens is 1. The predicted octanol–water partition coefficient (Wildman–Crippen LogP) is 2.99. The maximum atomic E-state index is 13.2. The fourth-order valence-electron chi connectivity index (χ4n) is 4.97. The number of thiophene rings is 1. The molecule has 2 aliphatic rings. The van der Waals surface area contributed by atoms with Gasteiger partial charge in [0.15, 0.2) is 0 Å². The molecule has 0 aliphatic carbocycles. The molecule has 2 aromatic heterocycles. The van der Waals surface area contributed by atoms with Crippen molar-refractivity contribution in [3.8, 4) is 0 Å². The van der Waals surface area contributed by atoms with Gasteiger partial charge in [-0.1, -0.05) is 29.8 Å². The fraction of sp³-hybridized carbons (Fsp3) is 0.417. The van der Waals surface area contributed by atoms with Gasteiger partial charge < -0.3 is 14.6 Å². The van der Waals surface area contributed by atoms with Gasteiger partial charge in [0.25, 0.3) is 0 Å². The van der Waals surface area contributed by atoms with Crippen LogP contribution in [0.5, 0.6) is 0 Å². The third kappa shape index (κ3) is 4.80. The van der Waals surface area contributed by atoms with Crippen molar-refractivity contribution >= 4 is 45.7 Å². The molecule has 0 saturated carbocycles. The highest BCUT2D eigenvalue weighted by Gasteiger charge is 2.28. The van der Waals surface area contributed by atoms with Gasteiger partial charge >= 0.3 is 5.97 Å². The topological polar surface area (TPSA) is 69.0 Å². The first-order valence-electron chi connectivity index (χ1n) is 11.3. The van der Waals surface area contributed by atoms with Crippen LogP contribution in [0.2, 0.25) is 4.34 Å². The van der Waals surface area contributed by atoms with E-state index in [9.17, 15) is 9.59 Å². The molecule has 0 radical (unpaired) electrons. The molecule has 1 amide bonds. The lowest BCUT2D eigenvalue weighted by Crippen LogP contribution is -2.51. The van der Waals surface area contributed by atoms with Crippen molar-refractivity contribution in [1.29, 1.82) is 0 Å². The van der Waals surface area contributed by atoms with E-state index in [4.69, 9.17) is 16.7 Å². The number of amides is 1. The summed E-state index contributed by atoms with van der Waals surface area (Å²) in [7, 11) is 0. The second-order valence-corrected chi connectivity index (χ2v) is 10.5. The monoisotopic (exact) mass is 486 g/mol. The van der Waals surface area contributed by atoms with E-state index in [2.05, 4.69) is 39.8 Å². The van der Waals surface area contributed by atoms with Crippen LogP contribution in [0, 0.1) is 0 Å². The van der Waals surface area contributed by atoms with Crippen molar-refractivity contribution in [2.45, 2.75) is 19.5 Å². The first-order valence-corrected chi connectivity index (χ1v) is 12.4. The van der Waals surface area contributed by atoms with Gasteiger partial charge in [-0.2, -0.15) is 0 Å². The number of aromatic nitrogens is 1. The third-order valence-corrected chi connectivity index (χ3v) is 7.86. The molecular formula is C24H27ClN4O3S. The van der Waals surface area contributed by atoms with Crippen molar-refractivity contribution in [2.24, 2.45) is 0 Å². The highest BCUT2D eigenvalue weighted by molar-refractivity contribution is 7.16. The van der Waals surface area contributed by atoms with Crippen molar-refractivity contribution in [3.05, 3.63) is 56.9 Å². The van der Waals surface area contributed by atoms with E-state index in [1.54, 1.807) is 11.3 Å². The second-order valence-electron chi connectivity index (χ2n) is 8.75. The lowest BCUT2D eigenvalue weighted by molar-refractivity contribution is -0.139. The lowest BCUT2D eigenvalue weighted by atomic mass is 10.0. The van der Waals surface area contributed by atoms with E-state index < -0.39 is 5.97 Å². The Hall–Kier alpha value is -2.39. The second kappa shape index (κ2) is 9.46. The number of nitrogens with zero attached hydrogens (tertiary/aromatic N) is 4. The molecule has 1 fully saturated rings. The Morgan fingerprint density at radius 3 is 2.39 bits per heavy atom. The largest absolute Gasteiger partial charge is 0.480 e. The Morgan fingerprint density at radius 2 is 1.70 bits per heavy atom. The Bertz CT molecular complexity index is 1180. The first kappa shape index (κ1) is 22.4. The number of benzene rings is 1. The minimum atomic E-state index is -0.802. The standard InChI is InChI=1S/C24H27ClN4O3S/c25-22-6-5-17(33-22)13-29-20-4-2-1-3-18(20)19-7-8-28(14-21(19)29)23(30)15-26-9-11-27(12-10-26)16-24(31)32/h1-6H,7-16H2,(H,31,32). The van der Waals surface area contributed by atoms with Crippen LogP contribution in [0.15, 0.2) is 36.4 Å². The van der Waals surface area contributed by atoms with Gasteiger partial charge in [-0.3, -0.25) is 19.4 Å². The number of hydrogen-bond acceptors (Lipinski definition) is 5. The molecule has 0 spiro atoms. The molecule has 5 rings (SSSR count). The first-order chi connectivity index (χ1) is 16.0. The molecule has 33 heavy (non-hydrogen) atoms. The molecule has 0 bridgehead atoms. The zero-order valence-electron chi connectivity index (χ0n) is 18.4. The van der Waals surface area contributed by atoms with E-state index in [1.807, 2.05) is 15.9 Å². The molecule has 174 valence electrons. The number of para-hydroxylation sites is 1. The predicted molar refractivity (Wildman–Crippen MR) is 130 cm³/mol. The van der Waals surface area contributed by atoms with Crippen LogP contribution in [0.1, 0.15) is 16.1 Å². The smallest absolute Gasteiger partial charge is 0.317 e. The molecule has 0 unspecified atom stereocenters. The minimum Gasteiger partial charge on any atom is -0.480 e. The Kier molecular flexibility index (Phi) is 6.42. The lowest BCUT2D eigenvalue weighted by Gasteiger charge is -2.35. The number of carboxylic acids is 1. The van der Waals surface area contributed by atoms with Crippen LogP contribution in [0.4, 0.5) is 0 Å². The number of fused-ring (bicyclic) bond motifs is 3. The van der Waals surface area contributed by atoms with Crippen molar-refractivity contribution in [3.63, 3.8) is 0 Å². The summed E-state index contributed by atoms with van der Waals surface area (Å²) in [6.07, 6.45) is 0.853. The quantitative estimate of drug-likeness (QED) is 0.580. The van der Waals surface area contributed by atoms with Crippen LogP contribution in [0.3, 0.4) is 0 Å². The number of carbonyl (C=O) groups is 2. The van der Waals surface area contributed by atoms with E-state index >= 15 is 0 Å². The molecule has 1 N–H and O–H groups in total. The molecule has 1 saturated heterocycles. The maximum absolute atomic E-state index is 13.2. The number of hydrogen-bond donors (Lipinski definition) is 1. The van der Waals surface area contributed by atoms with Crippen molar-refractivity contribution in [1.82, 2.24) is 19.3 Å². The Labute approximate surface area is 201 Å². The van der Waals surface area contributed by atoms with Gasteiger partial charge in [0.1, 0.15) is 0 Å². The van der Waals surface area contributed by atoms with Crippen LogP contribution >= 0.6 is 22.9 Å². The molecule has 1 aromatic carbocycles. The highest BCUT2D eigenvalue weighted by Crippen LogP contribution is 2.33. The summed E-state index contributed by atoms with van der Waals surface area (Å²) < 4.78 is 3.13. The van der Waals surface area contributed by atoms with Crippen LogP contribution < -0.4 is 0 Å². The Morgan fingerprint density at radius 1 is 0.970 bits per heavy atom. The van der Waals surface area contributed by atoms with E-state index in [0.717, 1.165) is 36.9 Å². The van der Waals surface area contributed by atoms with E-state index in [0.29, 0.717) is 26.2 Å². The molecule has 0 atom stereocenters. The van der Waals surface area contributed by atoms with Crippen LogP contribution in [0.25, 0.3) is 10.9 Å². The molecule has 3 aromatic rings. The average Bonchev–Trinajstić information content (AvgIpc) is 3.36. The van der Waals surface area contributed by atoms with Gasteiger partial charge in [-0.15, -0.1) is 11.3 Å². The van der Waals surface area contributed by atoms with Gasteiger partial charge in [-0.05, 0) is 30.2 Å². The minimum absolute atomic E-state index is 0.0662. The summed E-state index contributed by atoms with van der Waals surface area (Å²) in [4.78, 5) is 31.3. The maximum Gasteiger partial charge on any atom is 0.317 e. The molecule has 7 nitrogen and oxygen atoms in total. The normalized spacial score (nSPS) is 17.4. The summed E-state index contributed by atoms with van der Waals surface area (Å²) >= 11 is 7.77. The van der Waals surface area contributed by atoms with Gasteiger partial charge in [0.2, 0.25) is 5.91 Å². The number of carboxylic acid groups (broad SMARTS) is 1. The molecule has 2 aliphatic heterocycles. The Balaban J connectivity index is 1.31.